The molecule has 52 heteroatoms. The maximum Gasteiger partial charge on any atom is 0.535 e. The van der Waals surface area contributed by atoms with Crippen molar-refractivity contribution in [1.82, 2.24) is 71.4 Å². The Kier molecular flexibility index (Phi) is 38.4. The molecule has 47 nitrogen and oxygen atoms in total. The van der Waals surface area contributed by atoms with Gasteiger partial charge in [-0.15, -0.1) is 31.1 Å². The van der Waals surface area contributed by atoms with Gasteiger partial charge in [-0.05, 0) is 215 Å². The lowest BCUT2D eigenvalue weighted by molar-refractivity contribution is -0.169. The second kappa shape index (κ2) is 49.5. The number of para-hydroxylation sites is 1. The number of fused-ring (bicyclic) bond motifs is 10. The van der Waals surface area contributed by atoms with Gasteiger partial charge in [0.2, 0.25) is 40.7 Å². The lowest BCUT2D eigenvalue weighted by Crippen LogP contribution is -2.50. The number of carbonyl (C=O) groups is 10. The number of nitrogens with zero attached hydrogens (tertiary/aromatic N) is 15. The summed E-state index contributed by atoms with van der Waals surface area (Å²) in [6.45, 7) is 27.2. The molecule has 2 amide bonds. The van der Waals surface area contributed by atoms with Crippen LogP contribution >= 0.6 is 0 Å². The van der Waals surface area contributed by atoms with Crippen LogP contribution in [0.15, 0.2) is 140 Å². The van der Waals surface area contributed by atoms with Crippen LogP contribution in [0.3, 0.4) is 0 Å². The number of rotatable bonds is 16. The molecular weight excluding hydrogens is 1810 g/mol. The Morgan fingerprint density at radius 2 is 1.01 bits per heavy atom. The fourth-order valence-electron chi connectivity index (χ4n) is 12.0. The number of aliphatic imine (C=N–C) groups is 1. The number of halogens is 5. The van der Waals surface area contributed by atoms with Gasteiger partial charge >= 0.3 is 66.1 Å². The van der Waals surface area contributed by atoms with Gasteiger partial charge in [0.15, 0.2) is 0 Å². The number of pyridine rings is 2. The van der Waals surface area contributed by atoms with E-state index in [1.807, 2.05) is 6.07 Å². The number of carbonyl (C=O) groups excluding carboxylic acids is 10. The molecule has 2 bridgehead atoms. The van der Waals surface area contributed by atoms with Crippen molar-refractivity contribution in [2.24, 2.45) is 39.7 Å². The normalized spacial score (nSPS) is 16.5. The Hall–Kier alpha value is -15.7. The maximum atomic E-state index is 13.0. The van der Waals surface area contributed by atoms with E-state index in [0.29, 0.717) is 84.8 Å². The minimum atomic E-state index is -2.34. The second-order valence-corrected chi connectivity index (χ2v) is 30.9. The van der Waals surface area contributed by atoms with Crippen molar-refractivity contribution in [3.8, 4) is 5.75 Å². The van der Waals surface area contributed by atoms with Gasteiger partial charge in [0, 0.05) is 36.4 Å². The van der Waals surface area contributed by atoms with Crippen molar-refractivity contribution < 1.29 is 142 Å². The average molecular weight is 1900 g/mol. The molecule has 7 aromatic rings. The summed E-state index contributed by atoms with van der Waals surface area (Å²) in [5.41, 5.74) is 12.7. The Bertz CT molecular complexity index is 5660. The van der Waals surface area contributed by atoms with E-state index in [1.54, 1.807) is 193 Å². The molecule has 9 heterocycles. The van der Waals surface area contributed by atoms with Crippen LogP contribution in [0.25, 0.3) is 10.9 Å². The fraction of sp³-hybridized carbons (Fsp3) is 0.422. The van der Waals surface area contributed by atoms with E-state index in [4.69, 9.17) is 47.9 Å². The first-order valence-corrected chi connectivity index (χ1v) is 41.5. The third-order valence-electron chi connectivity index (χ3n) is 17.6. The first-order valence-electron chi connectivity index (χ1n) is 41.5. The van der Waals surface area contributed by atoms with Crippen LogP contribution in [0.1, 0.15) is 152 Å². The summed E-state index contributed by atoms with van der Waals surface area (Å²) in [6, 6.07) is 21.5. The Morgan fingerprint density at radius 1 is 0.496 bits per heavy atom. The molecular formula is C83H98F5N19O28. The fourth-order valence-corrected chi connectivity index (χ4v) is 12.0. The molecule has 5 unspecified atom stereocenters. The first-order chi connectivity index (χ1) is 64.0. The number of hydrogen-bond acceptors (Lipinski definition) is 42. The number of ether oxygens (including phenoxy) is 8. The highest BCUT2D eigenvalue weighted by Crippen LogP contribution is 2.52. The number of benzene rings is 3. The number of hydrogen-bond donors (Lipinski definition) is 4. The molecule has 0 spiro atoms. The molecule has 135 heavy (non-hydrogen) atoms. The van der Waals surface area contributed by atoms with Crippen LogP contribution in [0.5, 0.6) is 5.75 Å². The predicted octanol–water partition coefficient (Wildman–Crippen LogP) is 10.3. The van der Waals surface area contributed by atoms with Crippen LogP contribution in [-0.4, -0.2) is 189 Å². The molecule has 2 fully saturated rings. The molecule has 8 aliphatic rings. The van der Waals surface area contributed by atoms with Crippen LogP contribution in [-0.2, 0) is 74.9 Å². The highest BCUT2D eigenvalue weighted by Gasteiger charge is 2.56. The Morgan fingerprint density at radius 3 is 1.61 bits per heavy atom. The Balaban J connectivity index is 0.000000190. The van der Waals surface area contributed by atoms with Crippen molar-refractivity contribution in [1.29, 1.82) is 0 Å². The van der Waals surface area contributed by atoms with Crippen LogP contribution < -0.4 is 63.0 Å². The van der Waals surface area contributed by atoms with Crippen molar-refractivity contribution in [3.05, 3.63) is 193 Å². The van der Waals surface area contributed by atoms with Gasteiger partial charge in [-0.3, -0.25) is 58.5 Å². The highest BCUT2D eigenvalue weighted by atomic mass is 19.2. The second-order valence-electron chi connectivity index (χ2n) is 30.9. The molecule has 4 aromatic heterocycles. The molecule has 0 radical (unpaired) electrons. The monoisotopic (exact) mass is 1900 g/mol. The van der Waals surface area contributed by atoms with E-state index in [0.717, 1.165) is 41.3 Å². The number of hydrazine groups is 4. The van der Waals surface area contributed by atoms with Crippen molar-refractivity contribution in [2.75, 3.05) is 22.6 Å². The molecule has 3 aliphatic carbocycles. The van der Waals surface area contributed by atoms with E-state index in [2.05, 4.69) is 93.7 Å². The van der Waals surface area contributed by atoms with E-state index in [1.165, 1.54) is 42.7 Å². The largest absolute Gasteiger partial charge is 0.535 e. The maximum absolute atomic E-state index is 13.0. The van der Waals surface area contributed by atoms with Gasteiger partial charge in [0.05, 0.1) is 89.1 Å². The van der Waals surface area contributed by atoms with Crippen molar-refractivity contribution >= 4 is 102 Å². The van der Waals surface area contributed by atoms with E-state index < -0.39 is 113 Å². The lowest BCUT2D eigenvalue weighted by atomic mass is 9.86. The average Bonchev–Trinajstić information content (AvgIpc) is 1.58. The zero-order chi connectivity index (χ0) is 99.2. The molecule has 3 aromatic carbocycles. The zero-order valence-corrected chi connectivity index (χ0v) is 75.4. The summed E-state index contributed by atoms with van der Waals surface area (Å²) in [6.07, 6.45) is 8.48. The predicted molar refractivity (Wildman–Crippen MR) is 455 cm³/mol. The molecule has 5 atom stereocenters. The topological polar surface area (TPSA) is 529 Å². The third-order valence-corrected chi connectivity index (χ3v) is 17.6. The molecule has 1 saturated heterocycles. The number of anilines is 3. The van der Waals surface area contributed by atoms with E-state index >= 15 is 0 Å². The molecule has 4 N–H and O–H groups in total. The SMILES string of the molecule is CC(C)C(=O)ON1NNc2cccnc21.CC(C)OC(=O)ON1CC2C3C=CC(C3)C2C1=O.CC(C)OC(=O)ON1N=CN2C=CC=NC21.CC(C)OC(=O)ON1NNc2ccccc2C1=O.CC(C)OC(=O)Oc1c(F)c(F)c(F)c(F)c1F.CC(C)OC(=O)On1ccccc1=O.CC(C)OC(=O)On1nnc2c(c1=O)CCCC2.CC(C)OC(=O)On1nnc2ccccc2c1=O. The van der Waals surface area contributed by atoms with E-state index in [-0.39, 0.29) is 60.3 Å². The highest BCUT2D eigenvalue weighted by molar-refractivity contribution is 6.00. The number of aryl methyl sites for hydroxylation is 1. The first kappa shape index (κ1) is 105. The minimum absolute atomic E-state index is 0.00634. The van der Waals surface area contributed by atoms with Crippen molar-refractivity contribution in [2.45, 2.75) is 192 Å². The molecule has 1 saturated carbocycles. The van der Waals surface area contributed by atoms with Gasteiger partial charge < -0.3 is 53.0 Å². The van der Waals surface area contributed by atoms with Crippen LogP contribution in [0.2, 0.25) is 0 Å². The quantitative estimate of drug-likeness (QED) is 0.0102. The smallest absolute Gasteiger partial charge is 0.431 e. The summed E-state index contributed by atoms with van der Waals surface area (Å²) >= 11 is 0. The Labute approximate surface area is 764 Å². The number of allylic oxidation sites excluding steroid dienone is 3. The molecule has 15 rings (SSSR count). The van der Waals surface area contributed by atoms with Gasteiger partial charge in [-0.2, -0.15) is 13.8 Å². The minimum Gasteiger partial charge on any atom is -0.431 e. The lowest BCUT2D eigenvalue weighted by Gasteiger charge is -2.27. The zero-order valence-electron chi connectivity index (χ0n) is 75.4. The van der Waals surface area contributed by atoms with Crippen LogP contribution in [0.4, 0.5) is 72.7 Å². The van der Waals surface area contributed by atoms with Gasteiger partial charge in [0.25, 0.3) is 17.8 Å². The third kappa shape index (κ3) is 30.7. The van der Waals surface area contributed by atoms with Gasteiger partial charge in [-0.1, -0.05) is 71.8 Å². The molecule has 728 valence electrons. The summed E-state index contributed by atoms with van der Waals surface area (Å²) in [4.78, 5) is 193. The number of hydrazone groups is 1. The summed E-state index contributed by atoms with van der Waals surface area (Å²) in [5, 5.41) is 23.1. The van der Waals surface area contributed by atoms with Crippen molar-refractivity contribution in [3.63, 3.8) is 0 Å². The van der Waals surface area contributed by atoms with Gasteiger partial charge in [-0.25, -0.2) is 61.5 Å². The summed E-state index contributed by atoms with van der Waals surface area (Å²) < 4.78 is 102. The standard InChI is InChI=1S/C13H17NO4.C11H15N3O4.C11H13N3O4.C11H11N3O4.C10H7F5O3.C9H12N4O3.C9H12N4O2.C9H11NO4/c1-7(2)17-13(16)18-14-6-10-8-3-4-9(5-8)11(10)12(14)15;3*1-7(2)17-11(16)18-14-10(15)8-5-3-4-6-9(8)12-13-14;1-3(2)17-10(16)18-9-7(14)5(12)4(11)6(13)8(9)15;1-7(2)15-9(14)16-13-8-10-4-3-5-12(8)6-11-13;1-6(2)9(14)15-13-8-7(11-12-13)4-3-5-10-8;1-7(2)13-9(12)14-10-6-4-3-5-8(10)11/h3-4,7-11H,5-6H2,1-2H3;7H,3-6H2,1-2H3;3-7,12-13H,1-2H3;3-7H,1-2H3;3H,1-2H3;3-8H,1-2H3;3-6,11-12H,1-2H3;3-7H,1-2H3. The van der Waals surface area contributed by atoms with Gasteiger partial charge in [0.1, 0.15) is 11.9 Å². The summed E-state index contributed by atoms with van der Waals surface area (Å²) in [5.74, 6) is -12.3. The van der Waals surface area contributed by atoms with Crippen LogP contribution in [0, 0.1) is 58.7 Å². The number of nitrogens with one attached hydrogen (secondary N) is 4. The number of hydroxylamine groups is 4. The summed E-state index contributed by atoms with van der Waals surface area (Å²) in [7, 11) is 0. The van der Waals surface area contributed by atoms with E-state index in [9.17, 15) is 84.3 Å². The number of amides is 2. The number of aromatic nitrogens is 8. The molecule has 5 aliphatic heterocycles.